The maximum atomic E-state index is 13.9. The van der Waals surface area contributed by atoms with Gasteiger partial charge in [0.05, 0.1) is 0 Å². The molecule has 0 atom stereocenters. The van der Waals surface area contributed by atoms with Crippen LogP contribution in [0.4, 0.5) is 14.5 Å². The highest BCUT2D eigenvalue weighted by Gasteiger charge is 2.53. The Morgan fingerprint density at radius 1 is 1.08 bits per heavy atom. The maximum Gasteiger partial charge on any atom is 0.388 e. The van der Waals surface area contributed by atoms with E-state index in [1.165, 1.54) is 6.07 Å². The fourth-order valence-corrected chi connectivity index (χ4v) is 5.53. The number of hydrogen-bond donors (Lipinski definition) is 1. The summed E-state index contributed by atoms with van der Waals surface area (Å²) >= 11 is 0. The van der Waals surface area contributed by atoms with Crippen LogP contribution in [0.1, 0.15) is 62.8 Å². The van der Waals surface area contributed by atoms with Crippen molar-refractivity contribution in [2.75, 3.05) is 31.5 Å². The molecule has 10 heteroatoms. The van der Waals surface area contributed by atoms with E-state index in [2.05, 4.69) is 15.0 Å². The van der Waals surface area contributed by atoms with Crippen LogP contribution >= 0.6 is 0 Å². The highest BCUT2D eigenvalue weighted by atomic mass is 19.3. The summed E-state index contributed by atoms with van der Waals surface area (Å²) in [4.78, 5) is 46.3. The van der Waals surface area contributed by atoms with Gasteiger partial charge in [0.15, 0.2) is 0 Å². The quantitative estimate of drug-likeness (QED) is 0.531. The van der Waals surface area contributed by atoms with Crippen LogP contribution in [0.25, 0.3) is 0 Å². The summed E-state index contributed by atoms with van der Waals surface area (Å²) in [5.41, 5.74) is 1.27. The third kappa shape index (κ3) is 6.20. The van der Waals surface area contributed by atoms with Gasteiger partial charge < -0.3 is 19.9 Å². The molecule has 0 saturated carbocycles. The lowest BCUT2D eigenvalue weighted by Gasteiger charge is -2.50. The van der Waals surface area contributed by atoms with Crippen LogP contribution in [-0.2, 0) is 19.8 Å². The number of alkyl halides is 2. The lowest BCUT2D eigenvalue weighted by molar-refractivity contribution is -0.145. The first-order valence-corrected chi connectivity index (χ1v) is 13.4. The monoisotopic (exact) mass is 542 g/mol. The first kappa shape index (κ1) is 28.4. The van der Waals surface area contributed by atoms with E-state index in [9.17, 15) is 23.2 Å². The molecule has 0 unspecified atom stereocenters. The van der Waals surface area contributed by atoms with Gasteiger partial charge in [0.25, 0.3) is 0 Å². The zero-order valence-electron chi connectivity index (χ0n) is 22.9. The van der Waals surface area contributed by atoms with E-state index < -0.39 is 17.9 Å². The number of nitrogens with one attached hydrogen (secondary N) is 1. The molecular weight excluding hydrogens is 506 g/mol. The summed E-state index contributed by atoms with van der Waals surface area (Å²) in [6.45, 7) is 5.84. The number of pyridine rings is 1. The molecule has 8 nitrogen and oxygen atoms in total. The van der Waals surface area contributed by atoms with Crippen molar-refractivity contribution in [2.24, 2.45) is 5.92 Å². The molecule has 2 aliphatic heterocycles. The number of likely N-dealkylation sites (tertiary alicyclic amines) is 2. The van der Waals surface area contributed by atoms with Crippen molar-refractivity contribution in [2.45, 2.75) is 64.9 Å². The van der Waals surface area contributed by atoms with E-state index >= 15 is 0 Å². The molecule has 0 radical (unpaired) electrons. The van der Waals surface area contributed by atoms with Crippen molar-refractivity contribution in [1.29, 1.82) is 0 Å². The number of halogens is 2. The predicted molar refractivity (Wildman–Crippen MR) is 143 cm³/mol. The molecule has 39 heavy (non-hydrogen) atoms. The summed E-state index contributed by atoms with van der Waals surface area (Å²) in [7, 11) is 0. The number of hydrogen-bond acceptors (Lipinski definition) is 5. The number of benzene rings is 1. The standard InChI is InChI=1S/C29H36F2N4O4/c1-18(2)22-7-5-6-8-23(22)29(27(38)33-24-10-9-19(3)32-26(24)39-28(30)31)16-35(17-29)25(37)15-21-11-13-34(14-12-21)20(4)36/h5-10,18,21,28H,11-17H2,1-4H3,(H,33,38). The van der Waals surface area contributed by atoms with Crippen molar-refractivity contribution in [3.05, 3.63) is 53.2 Å². The fraction of sp³-hybridized carbons (Fsp3) is 0.517. The fourth-order valence-electron chi connectivity index (χ4n) is 5.53. The van der Waals surface area contributed by atoms with E-state index in [0.29, 0.717) is 25.2 Å². The smallest absolute Gasteiger partial charge is 0.388 e. The minimum absolute atomic E-state index is 0.0274. The molecule has 4 rings (SSSR count). The number of rotatable bonds is 8. The van der Waals surface area contributed by atoms with Gasteiger partial charge in [-0.2, -0.15) is 8.78 Å². The van der Waals surface area contributed by atoms with Gasteiger partial charge >= 0.3 is 6.61 Å². The Morgan fingerprint density at radius 2 is 1.74 bits per heavy atom. The van der Waals surface area contributed by atoms with Crippen molar-refractivity contribution in [3.63, 3.8) is 0 Å². The van der Waals surface area contributed by atoms with Gasteiger partial charge in [0.1, 0.15) is 11.1 Å². The first-order valence-electron chi connectivity index (χ1n) is 13.4. The molecule has 1 aromatic carbocycles. The van der Waals surface area contributed by atoms with Crippen LogP contribution in [-0.4, -0.2) is 65.3 Å². The predicted octanol–water partition coefficient (Wildman–Crippen LogP) is 4.48. The Balaban J connectivity index is 1.55. The van der Waals surface area contributed by atoms with Crippen LogP contribution < -0.4 is 10.1 Å². The van der Waals surface area contributed by atoms with E-state index in [4.69, 9.17) is 0 Å². The highest BCUT2D eigenvalue weighted by Crippen LogP contribution is 2.41. The molecule has 0 bridgehead atoms. The van der Waals surface area contributed by atoms with Gasteiger partial charge in [-0.3, -0.25) is 14.4 Å². The normalized spacial score (nSPS) is 17.2. The Labute approximate surface area is 227 Å². The molecule has 1 N–H and O–H groups in total. The Bertz CT molecular complexity index is 1220. The Kier molecular flexibility index (Phi) is 8.51. The Morgan fingerprint density at radius 3 is 2.36 bits per heavy atom. The average Bonchev–Trinajstić information content (AvgIpc) is 2.85. The topological polar surface area (TPSA) is 91.8 Å². The second-order valence-corrected chi connectivity index (χ2v) is 10.9. The van der Waals surface area contributed by atoms with Gasteiger partial charge in [0.2, 0.25) is 23.6 Å². The second kappa shape index (κ2) is 11.7. The summed E-state index contributed by atoms with van der Waals surface area (Å²) < 4.78 is 30.7. The molecule has 0 aliphatic carbocycles. The summed E-state index contributed by atoms with van der Waals surface area (Å²) in [5.74, 6) is -0.420. The van der Waals surface area contributed by atoms with Crippen LogP contribution in [0.5, 0.6) is 5.88 Å². The third-order valence-corrected chi connectivity index (χ3v) is 7.78. The van der Waals surface area contributed by atoms with Crippen LogP contribution in [0.2, 0.25) is 0 Å². The SMILES string of the molecule is CC(=O)N1CCC(CC(=O)N2CC(C(=O)Nc3ccc(C)nc3OC(F)F)(c3ccccc3C(C)C)C2)CC1. The Hall–Kier alpha value is -3.56. The van der Waals surface area contributed by atoms with E-state index in [1.807, 2.05) is 38.1 Å². The van der Waals surface area contributed by atoms with Crippen molar-refractivity contribution in [3.8, 4) is 5.88 Å². The molecule has 2 aromatic rings. The van der Waals surface area contributed by atoms with Gasteiger partial charge in [-0.15, -0.1) is 0 Å². The molecule has 2 saturated heterocycles. The summed E-state index contributed by atoms with van der Waals surface area (Å²) in [5, 5.41) is 2.77. The largest absolute Gasteiger partial charge is 0.415 e. The zero-order chi connectivity index (χ0) is 28.3. The number of carbonyl (C=O) groups is 3. The molecule has 210 valence electrons. The molecule has 1 aromatic heterocycles. The summed E-state index contributed by atoms with van der Waals surface area (Å²) in [6.07, 6.45) is 1.91. The number of anilines is 1. The number of amides is 3. The number of piperidine rings is 1. The average molecular weight is 543 g/mol. The van der Waals surface area contributed by atoms with Crippen molar-refractivity contribution in [1.82, 2.24) is 14.8 Å². The highest BCUT2D eigenvalue weighted by molar-refractivity contribution is 6.02. The van der Waals surface area contributed by atoms with Gasteiger partial charge in [-0.05, 0) is 54.9 Å². The lowest BCUT2D eigenvalue weighted by atomic mass is 9.69. The van der Waals surface area contributed by atoms with Crippen molar-refractivity contribution >= 4 is 23.4 Å². The number of nitrogens with zero attached hydrogens (tertiary/aromatic N) is 3. The number of carbonyl (C=O) groups excluding carboxylic acids is 3. The molecule has 0 spiro atoms. The van der Waals surface area contributed by atoms with Crippen LogP contribution in [0.3, 0.4) is 0 Å². The lowest BCUT2D eigenvalue weighted by Crippen LogP contribution is -2.66. The minimum atomic E-state index is -3.09. The van der Waals surface area contributed by atoms with Crippen LogP contribution in [0, 0.1) is 12.8 Å². The number of ether oxygens (including phenoxy) is 1. The number of aromatic nitrogens is 1. The molecular formula is C29H36F2N4O4. The van der Waals surface area contributed by atoms with Gasteiger partial charge in [-0.25, -0.2) is 4.98 Å². The second-order valence-electron chi connectivity index (χ2n) is 10.9. The molecule has 2 aliphatic rings. The van der Waals surface area contributed by atoms with Crippen molar-refractivity contribution < 1.29 is 27.9 Å². The number of aryl methyl sites for hydroxylation is 1. The molecule has 3 amide bonds. The molecule has 2 fully saturated rings. The van der Waals surface area contributed by atoms with Gasteiger partial charge in [-0.1, -0.05) is 38.1 Å². The maximum absolute atomic E-state index is 13.9. The van der Waals surface area contributed by atoms with Gasteiger partial charge in [0, 0.05) is 45.2 Å². The minimum Gasteiger partial charge on any atom is -0.415 e. The molecule has 3 heterocycles. The van der Waals surface area contributed by atoms with E-state index in [1.54, 1.807) is 29.7 Å². The zero-order valence-corrected chi connectivity index (χ0v) is 22.9. The van der Waals surface area contributed by atoms with E-state index in [0.717, 1.165) is 24.0 Å². The first-order chi connectivity index (χ1) is 18.5. The third-order valence-electron chi connectivity index (χ3n) is 7.78. The van der Waals surface area contributed by atoms with Crippen LogP contribution in [0.15, 0.2) is 36.4 Å². The van der Waals surface area contributed by atoms with E-state index in [-0.39, 0.29) is 48.3 Å². The summed E-state index contributed by atoms with van der Waals surface area (Å²) in [6, 6.07) is 10.8.